The van der Waals surface area contributed by atoms with Gasteiger partial charge in [0, 0.05) is 23.0 Å². The topological polar surface area (TPSA) is 122 Å². The zero-order valence-corrected chi connectivity index (χ0v) is 13.7. The molecule has 0 amide bonds. The van der Waals surface area contributed by atoms with Crippen molar-refractivity contribution in [3.63, 3.8) is 0 Å². The van der Waals surface area contributed by atoms with Crippen molar-refractivity contribution in [3.8, 4) is 11.8 Å². The summed E-state index contributed by atoms with van der Waals surface area (Å²) in [6.07, 6.45) is 3.59. The van der Waals surface area contributed by atoms with Gasteiger partial charge in [-0.05, 0) is 35.9 Å². The van der Waals surface area contributed by atoms with E-state index in [1.54, 1.807) is 34.8 Å². The molecule has 122 valence electrons. The maximum absolute atomic E-state index is 9.19. The van der Waals surface area contributed by atoms with Gasteiger partial charge in [-0.3, -0.25) is 0 Å². The first-order valence-electron chi connectivity index (χ1n) is 7.38. The van der Waals surface area contributed by atoms with E-state index in [0.717, 1.165) is 16.1 Å². The minimum Gasteiger partial charge on any atom is -0.384 e. The quantitative estimate of drug-likeness (QED) is 0.542. The number of nitrogens with zero attached hydrogens (tertiary/aromatic N) is 6. The Morgan fingerprint density at radius 3 is 3.04 bits per heavy atom. The maximum Gasteiger partial charge on any atom is 0.179 e. The summed E-state index contributed by atoms with van der Waals surface area (Å²) in [5.74, 6) is 1.02. The summed E-state index contributed by atoms with van der Waals surface area (Å²) < 4.78 is 1.78. The fourth-order valence-electron chi connectivity index (χ4n) is 2.50. The third-order valence-electron chi connectivity index (χ3n) is 3.63. The molecule has 0 aliphatic heterocycles. The Hall–Kier alpha value is -3.38. The number of thioether (sulfide) groups is 1. The molecular formula is C16H12N8S. The van der Waals surface area contributed by atoms with Crippen LogP contribution in [0.25, 0.3) is 16.9 Å². The SMILES string of the molecule is N#Cc1ccc(-n2cccn2)c(CSc2cc(N)nc3[nH]nnc23)c1. The number of nitriles is 1. The van der Waals surface area contributed by atoms with Gasteiger partial charge in [0.05, 0.1) is 17.3 Å². The molecule has 25 heavy (non-hydrogen) atoms. The smallest absolute Gasteiger partial charge is 0.179 e. The lowest BCUT2D eigenvalue weighted by Gasteiger charge is -2.10. The minimum absolute atomic E-state index is 0.402. The molecule has 0 aliphatic rings. The van der Waals surface area contributed by atoms with Gasteiger partial charge in [-0.15, -0.1) is 16.9 Å². The number of pyridine rings is 1. The minimum atomic E-state index is 0.402. The molecular weight excluding hydrogens is 336 g/mol. The van der Waals surface area contributed by atoms with Crippen LogP contribution in [0.2, 0.25) is 0 Å². The average Bonchev–Trinajstić information content (AvgIpc) is 3.30. The fraction of sp³-hybridized carbons (Fsp3) is 0.0625. The van der Waals surface area contributed by atoms with Gasteiger partial charge in [0.2, 0.25) is 0 Å². The van der Waals surface area contributed by atoms with Gasteiger partial charge in [-0.1, -0.05) is 5.21 Å². The predicted molar refractivity (Wildman–Crippen MR) is 93.9 cm³/mol. The number of aromatic amines is 1. The Kier molecular flexibility index (Phi) is 3.80. The molecule has 0 aliphatic carbocycles. The summed E-state index contributed by atoms with van der Waals surface area (Å²) >= 11 is 1.56. The number of fused-ring (bicyclic) bond motifs is 1. The number of nitrogen functional groups attached to an aromatic ring is 1. The fourth-order valence-corrected chi connectivity index (χ4v) is 3.52. The van der Waals surface area contributed by atoms with Crippen molar-refractivity contribution in [1.82, 2.24) is 30.2 Å². The number of aromatic nitrogens is 6. The third kappa shape index (κ3) is 2.90. The third-order valence-corrected chi connectivity index (χ3v) is 4.70. The summed E-state index contributed by atoms with van der Waals surface area (Å²) in [5.41, 5.74) is 9.60. The van der Waals surface area contributed by atoms with Gasteiger partial charge in [-0.2, -0.15) is 10.4 Å². The molecule has 0 unspecified atom stereocenters. The van der Waals surface area contributed by atoms with E-state index in [4.69, 9.17) is 5.73 Å². The van der Waals surface area contributed by atoms with Crippen molar-refractivity contribution in [2.45, 2.75) is 10.6 Å². The van der Waals surface area contributed by atoms with Crippen LogP contribution in [0.4, 0.5) is 5.82 Å². The zero-order valence-electron chi connectivity index (χ0n) is 12.9. The maximum atomic E-state index is 9.19. The monoisotopic (exact) mass is 348 g/mol. The van der Waals surface area contributed by atoms with Crippen LogP contribution >= 0.6 is 11.8 Å². The van der Waals surface area contributed by atoms with Crippen LogP contribution in [0.15, 0.2) is 47.6 Å². The van der Waals surface area contributed by atoms with Crippen molar-refractivity contribution in [2.24, 2.45) is 0 Å². The highest BCUT2D eigenvalue weighted by Gasteiger charge is 2.12. The molecule has 4 rings (SSSR count). The lowest BCUT2D eigenvalue weighted by molar-refractivity contribution is 0.871. The van der Waals surface area contributed by atoms with Gasteiger partial charge in [0.1, 0.15) is 11.3 Å². The van der Waals surface area contributed by atoms with Crippen molar-refractivity contribution in [2.75, 3.05) is 5.73 Å². The number of anilines is 1. The second-order valence-electron chi connectivity index (χ2n) is 5.25. The molecule has 3 heterocycles. The van der Waals surface area contributed by atoms with E-state index in [0.29, 0.717) is 28.3 Å². The van der Waals surface area contributed by atoms with E-state index in [9.17, 15) is 5.26 Å². The van der Waals surface area contributed by atoms with E-state index in [1.807, 2.05) is 24.4 Å². The van der Waals surface area contributed by atoms with Crippen molar-refractivity contribution in [3.05, 3.63) is 53.9 Å². The van der Waals surface area contributed by atoms with Crippen LogP contribution in [0.1, 0.15) is 11.1 Å². The van der Waals surface area contributed by atoms with Gasteiger partial charge < -0.3 is 5.73 Å². The lowest BCUT2D eigenvalue weighted by Crippen LogP contribution is -2.00. The van der Waals surface area contributed by atoms with E-state index >= 15 is 0 Å². The number of benzene rings is 1. The molecule has 0 radical (unpaired) electrons. The highest BCUT2D eigenvalue weighted by molar-refractivity contribution is 7.98. The summed E-state index contributed by atoms with van der Waals surface area (Å²) in [6, 6.07) is 11.4. The molecule has 1 aromatic carbocycles. The normalized spacial score (nSPS) is 10.8. The van der Waals surface area contributed by atoms with E-state index in [1.165, 1.54) is 0 Å². The number of hydrogen-bond donors (Lipinski definition) is 2. The molecule has 0 atom stereocenters. The van der Waals surface area contributed by atoms with Gasteiger partial charge in [0.25, 0.3) is 0 Å². The van der Waals surface area contributed by atoms with E-state index in [-0.39, 0.29) is 0 Å². The Morgan fingerprint density at radius 1 is 1.32 bits per heavy atom. The Bertz CT molecular complexity index is 1080. The highest BCUT2D eigenvalue weighted by Crippen LogP contribution is 2.31. The molecule has 0 bridgehead atoms. The molecule has 0 fully saturated rings. The van der Waals surface area contributed by atoms with Crippen molar-refractivity contribution >= 4 is 28.7 Å². The molecule has 0 saturated carbocycles. The first-order valence-corrected chi connectivity index (χ1v) is 8.36. The summed E-state index contributed by atoms with van der Waals surface area (Å²) in [7, 11) is 0. The first-order chi connectivity index (χ1) is 12.2. The van der Waals surface area contributed by atoms with E-state index in [2.05, 4.69) is 31.6 Å². The number of H-pyrrole nitrogens is 1. The van der Waals surface area contributed by atoms with Gasteiger partial charge >= 0.3 is 0 Å². The average molecular weight is 348 g/mol. The number of nitrogens with two attached hydrogens (primary N) is 1. The molecule has 4 aromatic rings. The number of rotatable bonds is 4. The van der Waals surface area contributed by atoms with Crippen LogP contribution in [0.5, 0.6) is 0 Å². The molecule has 0 spiro atoms. The molecule has 3 aromatic heterocycles. The van der Waals surface area contributed by atoms with Crippen LogP contribution in [-0.2, 0) is 5.75 Å². The lowest BCUT2D eigenvalue weighted by atomic mass is 10.1. The molecule has 3 N–H and O–H groups in total. The Morgan fingerprint density at radius 2 is 2.24 bits per heavy atom. The first kappa shape index (κ1) is 15.2. The molecule has 9 heteroatoms. The van der Waals surface area contributed by atoms with Crippen molar-refractivity contribution in [1.29, 1.82) is 5.26 Å². The summed E-state index contributed by atoms with van der Waals surface area (Å²) in [5, 5.41) is 24.0. The molecule has 0 saturated heterocycles. The van der Waals surface area contributed by atoms with Gasteiger partial charge in [0.15, 0.2) is 5.65 Å². The van der Waals surface area contributed by atoms with Crippen LogP contribution in [0.3, 0.4) is 0 Å². The second kappa shape index (κ2) is 6.26. The largest absolute Gasteiger partial charge is 0.384 e. The Balaban J connectivity index is 1.70. The van der Waals surface area contributed by atoms with Crippen LogP contribution in [0, 0.1) is 11.3 Å². The summed E-state index contributed by atoms with van der Waals surface area (Å²) in [6.45, 7) is 0. The Labute approximate surface area is 146 Å². The highest BCUT2D eigenvalue weighted by atomic mass is 32.2. The van der Waals surface area contributed by atoms with Gasteiger partial charge in [-0.25, -0.2) is 14.8 Å². The number of nitrogens with one attached hydrogen (secondary N) is 1. The standard InChI is InChI=1S/C16H12N8S/c17-8-10-2-3-12(24-5-1-4-19-24)11(6-10)9-25-13-7-14(18)20-16-15(13)21-23-22-16/h1-7H,9H2,(H3,18,20,21,22,23). The molecule has 8 nitrogen and oxygen atoms in total. The second-order valence-corrected chi connectivity index (χ2v) is 6.27. The number of hydrogen-bond acceptors (Lipinski definition) is 7. The van der Waals surface area contributed by atoms with Crippen LogP contribution < -0.4 is 5.73 Å². The summed E-state index contributed by atoms with van der Waals surface area (Å²) in [4.78, 5) is 5.04. The zero-order chi connectivity index (χ0) is 17.2. The van der Waals surface area contributed by atoms with Crippen molar-refractivity contribution < 1.29 is 0 Å². The predicted octanol–water partition coefficient (Wildman–Crippen LogP) is 2.28. The van der Waals surface area contributed by atoms with Crippen LogP contribution in [-0.4, -0.2) is 30.2 Å². The van der Waals surface area contributed by atoms with E-state index < -0.39 is 0 Å².